The van der Waals surface area contributed by atoms with Crippen LogP contribution in [0.2, 0.25) is 5.02 Å². The molecule has 0 fully saturated rings. The number of methoxy groups -OCH3 is 1. The van der Waals surface area contributed by atoms with Crippen molar-refractivity contribution in [2.24, 2.45) is 0 Å². The lowest BCUT2D eigenvalue weighted by Crippen LogP contribution is -2.09. The van der Waals surface area contributed by atoms with E-state index < -0.39 is 0 Å². The number of carbonyl (C=O) groups is 1. The van der Waals surface area contributed by atoms with Crippen molar-refractivity contribution < 1.29 is 13.9 Å². The number of nitrogens with one attached hydrogen (secondary N) is 1. The average Bonchev–Trinajstić information content (AvgIpc) is 3.59. The van der Waals surface area contributed by atoms with Gasteiger partial charge in [-0.15, -0.1) is 10.2 Å². The Morgan fingerprint density at radius 2 is 1.94 bits per heavy atom. The number of nitrogens with zero attached hydrogens (tertiary/aromatic N) is 4. The Hall–Kier alpha value is -3.95. The number of amides is 1. The Bertz CT molecular complexity index is 1530. The average molecular weight is 506 g/mol. The molecular weight excluding hydrogens is 486 g/mol. The molecule has 35 heavy (non-hydrogen) atoms. The molecule has 5 rings (SSSR count). The molecule has 10 heteroatoms. The third kappa shape index (κ3) is 4.82. The lowest BCUT2D eigenvalue weighted by Gasteiger charge is -2.10. The van der Waals surface area contributed by atoms with Crippen LogP contribution >= 0.6 is 22.9 Å². The number of halogens is 1. The van der Waals surface area contributed by atoms with E-state index in [1.165, 1.54) is 17.4 Å². The molecule has 0 aliphatic carbocycles. The molecule has 1 N–H and O–H groups in total. The zero-order valence-corrected chi connectivity index (χ0v) is 20.4. The normalized spacial score (nSPS) is 11.4. The topological polar surface area (TPSA) is 94.6 Å². The molecule has 2 aromatic carbocycles. The van der Waals surface area contributed by atoms with Gasteiger partial charge < -0.3 is 14.5 Å². The number of benzene rings is 2. The minimum Gasteiger partial charge on any atom is -0.495 e. The van der Waals surface area contributed by atoms with E-state index in [0.29, 0.717) is 28.0 Å². The zero-order chi connectivity index (χ0) is 24.4. The maximum atomic E-state index is 12.7. The summed E-state index contributed by atoms with van der Waals surface area (Å²) < 4.78 is 13.0. The molecule has 3 heterocycles. The van der Waals surface area contributed by atoms with Crippen molar-refractivity contribution in [3.63, 3.8) is 0 Å². The van der Waals surface area contributed by atoms with E-state index in [-0.39, 0.29) is 5.91 Å². The van der Waals surface area contributed by atoms with E-state index in [4.69, 9.17) is 20.8 Å². The van der Waals surface area contributed by atoms with Gasteiger partial charge in [0.1, 0.15) is 22.3 Å². The van der Waals surface area contributed by atoms with Crippen LogP contribution < -0.4 is 10.1 Å². The maximum Gasteiger partial charge on any atom is 0.248 e. The van der Waals surface area contributed by atoms with Crippen molar-refractivity contribution in [2.75, 3.05) is 12.4 Å². The van der Waals surface area contributed by atoms with E-state index >= 15 is 0 Å². The number of ether oxygens (including phenoxy) is 1. The Morgan fingerprint density at radius 3 is 2.71 bits per heavy atom. The molecule has 8 nitrogen and oxygen atoms in total. The summed E-state index contributed by atoms with van der Waals surface area (Å²) in [6.45, 7) is 2.01. The second-order valence-electron chi connectivity index (χ2n) is 7.52. The van der Waals surface area contributed by atoms with E-state index in [2.05, 4.69) is 20.6 Å². The third-order valence-corrected chi connectivity index (χ3v) is 6.43. The minimum absolute atomic E-state index is 0.323. The molecule has 0 bridgehead atoms. The first-order valence-electron chi connectivity index (χ1n) is 10.8. The van der Waals surface area contributed by atoms with E-state index in [9.17, 15) is 4.79 Å². The third-order valence-electron chi connectivity index (χ3n) is 5.23. The Balaban J connectivity index is 1.33. The molecule has 5 aromatic rings. The summed E-state index contributed by atoms with van der Waals surface area (Å²) in [5, 5.41) is 17.2. The minimum atomic E-state index is -0.323. The van der Waals surface area contributed by atoms with Crippen LogP contribution in [0.15, 0.2) is 65.1 Å². The highest BCUT2D eigenvalue weighted by Crippen LogP contribution is 2.33. The second-order valence-corrected chi connectivity index (χ2v) is 8.91. The number of carbonyl (C=O) groups excluding carboxylic acids is 1. The van der Waals surface area contributed by atoms with Crippen LogP contribution in [0, 0.1) is 0 Å². The van der Waals surface area contributed by atoms with Crippen LogP contribution in [-0.4, -0.2) is 32.8 Å². The van der Waals surface area contributed by atoms with Gasteiger partial charge in [-0.05, 0) is 60.7 Å². The van der Waals surface area contributed by atoms with Gasteiger partial charge in [0.25, 0.3) is 0 Å². The van der Waals surface area contributed by atoms with Gasteiger partial charge >= 0.3 is 0 Å². The first kappa shape index (κ1) is 22.8. The summed E-state index contributed by atoms with van der Waals surface area (Å²) >= 11 is 7.37. The molecule has 0 aliphatic heterocycles. The fourth-order valence-electron chi connectivity index (χ4n) is 3.48. The highest BCUT2D eigenvalue weighted by atomic mass is 35.5. The van der Waals surface area contributed by atoms with Gasteiger partial charge in [0, 0.05) is 28.6 Å². The van der Waals surface area contributed by atoms with Crippen LogP contribution in [0.25, 0.3) is 32.9 Å². The van der Waals surface area contributed by atoms with Crippen molar-refractivity contribution in [1.82, 2.24) is 19.8 Å². The summed E-state index contributed by atoms with van der Waals surface area (Å²) in [7, 11) is 1.55. The Morgan fingerprint density at radius 1 is 1.14 bits per heavy atom. The predicted octanol–water partition coefficient (Wildman–Crippen LogP) is 5.99. The molecule has 0 radical (unpaired) electrons. The van der Waals surface area contributed by atoms with Crippen molar-refractivity contribution in [2.45, 2.75) is 13.3 Å². The van der Waals surface area contributed by atoms with Crippen molar-refractivity contribution in [1.29, 1.82) is 0 Å². The highest BCUT2D eigenvalue weighted by molar-refractivity contribution is 7.19. The standard InChI is InChI=1S/C25H20ClN5O3S/c1-3-22-28-29-25-31(22)30-24(35-25)16-6-11-21(33-2)19(14-16)27-23(32)13-10-18-9-12-20(34-18)15-4-7-17(26)8-5-15/h4-14H,3H2,1-2H3,(H,27,32)/b13-10+. The smallest absolute Gasteiger partial charge is 0.248 e. The number of hydrogen-bond donors (Lipinski definition) is 1. The van der Waals surface area contributed by atoms with Gasteiger partial charge in [0.15, 0.2) is 5.82 Å². The van der Waals surface area contributed by atoms with E-state index in [0.717, 1.165) is 33.3 Å². The molecule has 0 spiro atoms. The molecule has 176 valence electrons. The summed E-state index contributed by atoms with van der Waals surface area (Å²) in [5.74, 6) is 2.25. The molecule has 0 atom stereocenters. The maximum absolute atomic E-state index is 12.7. The van der Waals surface area contributed by atoms with Crippen LogP contribution in [0.4, 0.5) is 5.69 Å². The number of anilines is 1. The number of rotatable bonds is 7. The molecule has 0 saturated carbocycles. The number of hydrogen-bond acceptors (Lipinski definition) is 7. The molecule has 0 saturated heterocycles. The predicted molar refractivity (Wildman–Crippen MR) is 137 cm³/mol. The fraction of sp³-hybridized carbons (Fsp3) is 0.120. The molecule has 3 aromatic heterocycles. The number of aryl methyl sites for hydroxylation is 1. The SMILES string of the molecule is CCc1nnc2sc(-c3ccc(OC)c(NC(=O)/C=C/c4ccc(-c5ccc(Cl)cc5)o4)c3)nn12. The number of aromatic nitrogens is 4. The fourth-order valence-corrected chi connectivity index (χ4v) is 4.46. The summed E-state index contributed by atoms with van der Waals surface area (Å²) in [6.07, 6.45) is 3.75. The highest BCUT2D eigenvalue weighted by Gasteiger charge is 2.14. The van der Waals surface area contributed by atoms with Crippen LogP contribution in [0.5, 0.6) is 5.75 Å². The molecule has 0 unspecified atom stereocenters. The van der Waals surface area contributed by atoms with Crippen LogP contribution in [0.1, 0.15) is 18.5 Å². The van der Waals surface area contributed by atoms with Gasteiger partial charge in [-0.1, -0.05) is 29.9 Å². The van der Waals surface area contributed by atoms with Crippen LogP contribution in [-0.2, 0) is 11.2 Å². The summed E-state index contributed by atoms with van der Waals surface area (Å²) in [6, 6.07) is 16.5. The van der Waals surface area contributed by atoms with Gasteiger partial charge in [-0.2, -0.15) is 9.61 Å². The first-order chi connectivity index (χ1) is 17.0. The lowest BCUT2D eigenvalue weighted by molar-refractivity contribution is -0.111. The largest absolute Gasteiger partial charge is 0.495 e. The van der Waals surface area contributed by atoms with Gasteiger partial charge in [-0.3, -0.25) is 4.79 Å². The summed E-state index contributed by atoms with van der Waals surface area (Å²) in [4.78, 5) is 13.4. The Labute approximate surface area is 209 Å². The van der Waals surface area contributed by atoms with Crippen molar-refractivity contribution in [3.05, 3.63) is 77.3 Å². The molecule has 0 aliphatic rings. The summed E-state index contributed by atoms with van der Waals surface area (Å²) in [5.41, 5.74) is 2.26. The van der Waals surface area contributed by atoms with E-state index in [1.807, 2.05) is 37.3 Å². The van der Waals surface area contributed by atoms with Crippen molar-refractivity contribution >= 4 is 45.6 Å². The zero-order valence-electron chi connectivity index (χ0n) is 18.9. The van der Waals surface area contributed by atoms with E-state index in [1.54, 1.807) is 42.0 Å². The lowest BCUT2D eigenvalue weighted by atomic mass is 10.2. The quantitative estimate of drug-likeness (QED) is 0.273. The van der Waals surface area contributed by atoms with Crippen LogP contribution in [0.3, 0.4) is 0 Å². The Kier molecular flexibility index (Phi) is 6.35. The number of fused-ring (bicyclic) bond motifs is 1. The number of furan rings is 1. The van der Waals surface area contributed by atoms with Crippen molar-refractivity contribution in [3.8, 4) is 27.6 Å². The monoisotopic (exact) mass is 505 g/mol. The second kappa shape index (κ2) is 9.73. The van der Waals surface area contributed by atoms with Gasteiger partial charge in [0.05, 0.1) is 12.8 Å². The van der Waals surface area contributed by atoms with Gasteiger partial charge in [-0.25, -0.2) is 0 Å². The first-order valence-corrected chi connectivity index (χ1v) is 12.0. The van der Waals surface area contributed by atoms with Gasteiger partial charge in [0.2, 0.25) is 10.9 Å². The molecular formula is C25H20ClN5O3S. The molecule has 1 amide bonds.